The van der Waals surface area contributed by atoms with E-state index in [-0.39, 0.29) is 17.3 Å². The number of methoxy groups -OCH3 is 2. The van der Waals surface area contributed by atoms with Crippen LogP contribution in [0.2, 0.25) is 0 Å². The molecule has 0 aliphatic heterocycles. The van der Waals surface area contributed by atoms with Crippen molar-refractivity contribution in [3.8, 4) is 11.5 Å². The Bertz CT molecular complexity index is 970. The SMILES string of the molecule is COc1ccc(C(=O)NCC(=O)OC(C)C(=O)c2ccc(CNC(C)=O)s2)cc1OC. The lowest BCUT2D eigenvalue weighted by Gasteiger charge is -2.12. The molecule has 1 aromatic carbocycles. The van der Waals surface area contributed by atoms with Crippen LogP contribution >= 0.6 is 11.3 Å². The molecular formula is C21H24N2O7S. The van der Waals surface area contributed by atoms with Crippen LogP contribution in [0.4, 0.5) is 0 Å². The minimum atomic E-state index is -1.02. The van der Waals surface area contributed by atoms with Crippen LogP contribution in [0.15, 0.2) is 30.3 Å². The summed E-state index contributed by atoms with van der Waals surface area (Å²) in [6, 6.07) is 7.94. The normalized spacial score (nSPS) is 11.2. The van der Waals surface area contributed by atoms with Crippen molar-refractivity contribution in [3.63, 3.8) is 0 Å². The summed E-state index contributed by atoms with van der Waals surface area (Å²) >= 11 is 1.21. The van der Waals surface area contributed by atoms with Gasteiger partial charge in [0.1, 0.15) is 6.54 Å². The number of benzene rings is 1. The Balaban J connectivity index is 1.87. The zero-order valence-electron chi connectivity index (χ0n) is 17.6. The molecule has 0 fully saturated rings. The number of carbonyl (C=O) groups excluding carboxylic acids is 4. The van der Waals surface area contributed by atoms with Gasteiger partial charge in [0.2, 0.25) is 11.7 Å². The monoisotopic (exact) mass is 448 g/mol. The van der Waals surface area contributed by atoms with E-state index in [1.807, 2.05) is 0 Å². The fourth-order valence-electron chi connectivity index (χ4n) is 2.54. The van der Waals surface area contributed by atoms with Gasteiger partial charge >= 0.3 is 5.97 Å². The van der Waals surface area contributed by atoms with E-state index in [4.69, 9.17) is 14.2 Å². The highest BCUT2D eigenvalue weighted by molar-refractivity contribution is 7.14. The van der Waals surface area contributed by atoms with Crippen molar-refractivity contribution in [1.82, 2.24) is 10.6 Å². The molecule has 2 aromatic rings. The van der Waals surface area contributed by atoms with Crippen LogP contribution in [-0.2, 0) is 20.9 Å². The van der Waals surface area contributed by atoms with Crippen molar-refractivity contribution in [2.75, 3.05) is 20.8 Å². The van der Waals surface area contributed by atoms with E-state index in [9.17, 15) is 19.2 Å². The number of esters is 1. The summed E-state index contributed by atoms with van der Waals surface area (Å²) in [6.45, 7) is 2.79. The number of amides is 2. The highest BCUT2D eigenvalue weighted by Gasteiger charge is 2.22. The first kappa shape index (κ1) is 23.9. The summed E-state index contributed by atoms with van der Waals surface area (Å²) in [5.74, 6) is -0.926. The summed E-state index contributed by atoms with van der Waals surface area (Å²) in [5.41, 5.74) is 0.278. The van der Waals surface area contributed by atoms with E-state index in [1.54, 1.807) is 18.2 Å². The molecule has 1 unspecified atom stereocenters. The Morgan fingerprint density at radius 3 is 2.35 bits per heavy atom. The molecule has 1 heterocycles. The molecule has 0 spiro atoms. The van der Waals surface area contributed by atoms with Crippen LogP contribution in [0.1, 0.15) is 38.8 Å². The molecule has 0 aliphatic carbocycles. The molecule has 31 heavy (non-hydrogen) atoms. The maximum atomic E-state index is 12.5. The number of rotatable bonds is 10. The Hall–Kier alpha value is -3.40. The quantitative estimate of drug-likeness (QED) is 0.421. The van der Waals surface area contributed by atoms with Gasteiger partial charge in [-0.05, 0) is 37.3 Å². The van der Waals surface area contributed by atoms with Crippen LogP contribution in [-0.4, -0.2) is 50.4 Å². The minimum absolute atomic E-state index is 0.168. The van der Waals surface area contributed by atoms with Crippen LogP contribution in [0, 0.1) is 0 Å². The highest BCUT2D eigenvalue weighted by Crippen LogP contribution is 2.27. The highest BCUT2D eigenvalue weighted by atomic mass is 32.1. The standard InChI is InChI=1S/C21H24N2O7S/c1-12(20(26)18-8-6-15(31-18)10-22-13(2)24)30-19(25)11-23-21(27)14-5-7-16(28-3)17(9-14)29-4/h5-9,12H,10-11H2,1-4H3,(H,22,24)(H,23,27). The van der Waals surface area contributed by atoms with Crippen LogP contribution in [0.3, 0.4) is 0 Å². The van der Waals surface area contributed by atoms with Gasteiger partial charge in [-0.2, -0.15) is 0 Å². The lowest BCUT2D eigenvalue weighted by Crippen LogP contribution is -2.33. The molecule has 2 N–H and O–H groups in total. The maximum Gasteiger partial charge on any atom is 0.326 e. The fraction of sp³-hybridized carbons (Fsp3) is 0.333. The third kappa shape index (κ3) is 6.82. The van der Waals surface area contributed by atoms with Crippen molar-refractivity contribution in [1.29, 1.82) is 0 Å². The number of nitrogens with one attached hydrogen (secondary N) is 2. The first-order chi connectivity index (χ1) is 14.7. The minimum Gasteiger partial charge on any atom is -0.493 e. The number of ketones is 1. The average molecular weight is 448 g/mol. The molecule has 0 bridgehead atoms. The summed E-state index contributed by atoms with van der Waals surface area (Å²) in [4.78, 5) is 49.0. The molecule has 0 saturated heterocycles. The Morgan fingerprint density at radius 2 is 1.71 bits per heavy atom. The molecule has 0 saturated carbocycles. The van der Waals surface area contributed by atoms with Crippen molar-refractivity contribution in [2.45, 2.75) is 26.5 Å². The van der Waals surface area contributed by atoms with Crippen LogP contribution < -0.4 is 20.1 Å². The Kier molecular flexibility index (Phi) is 8.56. The smallest absolute Gasteiger partial charge is 0.326 e. The van der Waals surface area contributed by atoms with Crippen molar-refractivity contribution >= 4 is 34.9 Å². The van der Waals surface area contributed by atoms with Crippen molar-refractivity contribution in [3.05, 3.63) is 45.6 Å². The van der Waals surface area contributed by atoms with E-state index < -0.39 is 24.5 Å². The summed E-state index contributed by atoms with van der Waals surface area (Å²) in [6.07, 6.45) is -1.02. The predicted octanol–water partition coefficient (Wildman–Crippen LogP) is 1.95. The van der Waals surface area contributed by atoms with Gasteiger partial charge in [0.25, 0.3) is 5.91 Å². The number of Topliss-reactive ketones (excluding diaryl/α,β-unsaturated/α-hetero) is 1. The van der Waals surface area contributed by atoms with E-state index in [0.29, 0.717) is 22.9 Å². The number of ether oxygens (including phenoxy) is 3. The summed E-state index contributed by atoms with van der Waals surface area (Å²) in [5, 5.41) is 5.09. The van der Waals surface area contributed by atoms with Gasteiger partial charge in [0.15, 0.2) is 17.6 Å². The molecule has 0 radical (unpaired) electrons. The second-order valence-corrected chi connectivity index (χ2v) is 7.59. The molecular weight excluding hydrogens is 424 g/mol. The average Bonchev–Trinajstić information content (AvgIpc) is 3.23. The zero-order valence-corrected chi connectivity index (χ0v) is 18.5. The topological polar surface area (TPSA) is 120 Å². The van der Waals surface area contributed by atoms with Gasteiger partial charge in [-0.3, -0.25) is 19.2 Å². The Morgan fingerprint density at radius 1 is 1.00 bits per heavy atom. The summed E-state index contributed by atoms with van der Waals surface area (Å²) in [7, 11) is 2.93. The van der Waals surface area contributed by atoms with Gasteiger partial charge < -0.3 is 24.8 Å². The second kappa shape index (κ2) is 11.1. The first-order valence-electron chi connectivity index (χ1n) is 9.32. The van der Waals surface area contributed by atoms with Gasteiger partial charge in [-0.25, -0.2) is 0 Å². The van der Waals surface area contributed by atoms with Gasteiger partial charge in [0, 0.05) is 17.4 Å². The molecule has 166 valence electrons. The number of carbonyl (C=O) groups is 4. The van der Waals surface area contributed by atoms with Gasteiger partial charge in [-0.15, -0.1) is 11.3 Å². The number of thiophene rings is 1. The van der Waals surface area contributed by atoms with Gasteiger partial charge in [0.05, 0.1) is 25.6 Å². The molecule has 0 aliphatic rings. The molecule has 1 atom stereocenters. The third-order valence-electron chi connectivity index (χ3n) is 4.13. The lowest BCUT2D eigenvalue weighted by atomic mass is 10.2. The number of hydrogen-bond donors (Lipinski definition) is 2. The summed E-state index contributed by atoms with van der Waals surface area (Å²) < 4.78 is 15.4. The molecule has 9 nitrogen and oxygen atoms in total. The fourth-order valence-corrected chi connectivity index (χ4v) is 3.51. The largest absolute Gasteiger partial charge is 0.493 e. The van der Waals surface area contributed by atoms with Crippen LogP contribution in [0.5, 0.6) is 11.5 Å². The van der Waals surface area contributed by atoms with Crippen molar-refractivity contribution in [2.24, 2.45) is 0 Å². The van der Waals surface area contributed by atoms with E-state index >= 15 is 0 Å². The Labute approximate surface area is 183 Å². The molecule has 2 rings (SSSR count). The molecule has 2 amide bonds. The first-order valence-corrected chi connectivity index (χ1v) is 10.1. The maximum absolute atomic E-state index is 12.5. The van der Waals surface area contributed by atoms with E-state index in [2.05, 4.69) is 10.6 Å². The number of hydrogen-bond acceptors (Lipinski definition) is 8. The van der Waals surface area contributed by atoms with E-state index in [1.165, 1.54) is 51.5 Å². The van der Waals surface area contributed by atoms with Crippen LogP contribution in [0.25, 0.3) is 0 Å². The van der Waals surface area contributed by atoms with E-state index in [0.717, 1.165) is 4.88 Å². The molecule has 10 heteroatoms. The predicted molar refractivity (Wildman–Crippen MR) is 114 cm³/mol. The van der Waals surface area contributed by atoms with Gasteiger partial charge in [-0.1, -0.05) is 0 Å². The second-order valence-electron chi connectivity index (χ2n) is 6.42. The van der Waals surface area contributed by atoms with Crippen molar-refractivity contribution < 1.29 is 33.4 Å². The lowest BCUT2D eigenvalue weighted by molar-refractivity contribution is -0.145. The third-order valence-corrected chi connectivity index (χ3v) is 5.23. The zero-order chi connectivity index (χ0) is 23.0. The molecule has 1 aromatic heterocycles.